The molecule has 5 nitrogen and oxygen atoms in total. The first-order valence-corrected chi connectivity index (χ1v) is 9.53. The van der Waals surface area contributed by atoms with Crippen LogP contribution in [0.2, 0.25) is 0 Å². The highest BCUT2D eigenvalue weighted by Gasteiger charge is 2.30. The number of thiophene rings is 1. The van der Waals surface area contributed by atoms with Crippen molar-refractivity contribution in [3.05, 3.63) is 15.8 Å². The second kappa shape index (κ2) is 6.46. The van der Waals surface area contributed by atoms with E-state index in [1.54, 1.807) is 12.3 Å². The van der Waals surface area contributed by atoms with Gasteiger partial charge in [-0.25, -0.2) is 17.9 Å². The van der Waals surface area contributed by atoms with E-state index < -0.39 is 16.0 Å². The van der Waals surface area contributed by atoms with E-state index >= 15 is 0 Å². The summed E-state index contributed by atoms with van der Waals surface area (Å²) in [6, 6.07) is -0.170. The number of rotatable bonds is 5. The van der Waals surface area contributed by atoms with Gasteiger partial charge in [-0.05, 0) is 43.6 Å². The van der Waals surface area contributed by atoms with Gasteiger partial charge in [0.1, 0.15) is 9.77 Å². The number of aromatic carboxylic acids is 1. The fourth-order valence-corrected chi connectivity index (χ4v) is 5.89. The van der Waals surface area contributed by atoms with E-state index in [0.717, 1.165) is 37.0 Å². The summed E-state index contributed by atoms with van der Waals surface area (Å²) in [6.45, 7) is 3.50. The lowest BCUT2D eigenvalue weighted by Crippen LogP contribution is -2.39. The van der Waals surface area contributed by atoms with Gasteiger partial charge in [-0.3, -0.25) is 0 Å². The Morgan fingerprint density at radius 2 is 2.00 bits per heavy atom. The Bertz CT molecular complexity index is 615. The van der Waals surface area contributed by atoms with E-state index in [0.29, 0.717) is 11.5 Å². The summed E-state index contributed by atoms with van der Waals surface area (Å²) < 4.78 is 27.7. The van der Waals surface area contributed by atoms with Crippen molar-refractivity contribution in [2.75, 3.05) is 0 Å². The molecule has 0 saturated heterocycles. The SMILES string of the molecule is Cc1csc(C(=O)O)c1S(=O)(=O)N[C@@H](C)C1CCCCC1. The van der Waals surface area contributed by atoms with Crippen LogP contribution in [0, 0.1) is 12.8 Å². The summed E-state index contributed by atoms with van der Waals surface area (Å²) in [5.41, 5.74) is 0.487. The lowest BCUT2D eigenvalue weighted by molar-refractivity contribution is 0.0698. The number of aryl methyl sites for hydroxylation is 1. The van der Waals surface area contributed by atoms with Crippen LogP contribution in [-0.2, 0) is 10.0 Å². The molecule has 21 heavy (non-hydrogen) atoms. The van der Waals surface area contributed by atoms with Crippen molar-refractivity contribution < 1.29 is 18.3 Å². The predicted octanol–water partition coefficient (Wildman–Crippen LogP) is 3.00. The molecule has 1 fully saturated rings. The van der Waals surface area contributed by atoms with E-state index in [4.69, 9.17) is 5.11 Å². The van der Waals surface area contributed by atoms with Gasteiger partial charge in [0.05, 0.1) is 0 Å². The number of nitrogens with one attached hydrogen (secondary N) is 1. The van der Waals surface area contributed by atoms with E-state index in [-0.39, 0.29) is 15.8 Å². The summed E-state index contributed by atoms with van der Waals surface area (Å²) in [6.07, 6.45) is 5.53. The van der Waals surface area contributed by atoms with E-state index in [1.165, 1.54) is 6.42 Å². The molecule has 0 spiro atoms. The first kappa shape index (κ1) is 16.5. The van der Waals surface area contributed by atoms with Crippen LogP contribution < -0.4 is 4.72 Å². The highest BCUT2D eigenvalue weighted by atomic mass is 32.2. The number of hydrogen-bond donors (Lipinski definition) is 2. The third kappa shape index (κ3) is 3.64. The Hall–Kier alpha value is -0.920. The van der Waals surface area contributed by atoms with Crippen LogP contribution in [0.4, 0.5) is 0 Å². The van der Waals surface area contributed by atoms with Crippen LogP contribution in [-0.4, -0.2) is 25.5 Å². The largest absolute Gasteiger partial charge is 0.477 e. The molecule has 0 aromatic carbocycles. The quantitative estimate of drug-likeness (QED) is 0.869. The van der Waals surface area contributed by atoms with Crippen molar-refractivity contribution >= 4 is 27.3 Å². The molecule has 1 aliphatic carbocycles. The summed E-state index contributed by atoms with van der Waals surface area (Å²) >= 11 is 0.955. The minimum Gasteiger partial charge on any atom is -0.477 e. The molecule has 1 aromatic rings. The number of sulfonamides is 1. The lowest BCUT2D eigenvalue weighted by Gasteiger charge is -2.28. The normalized spacial score (nSPS) is 18.6. The van der Waals surface area contributed by atoms with Gasteiger partial charge in [-0.2, -0.15) is 0 Å². The van der Waals surface area contributed by atoms with Gasteiger partial charge in [0.2, 0.25) is 10.0 Å². The average Bonchev–Trinajstić information content (AvgIpc) is 2.82. The van der Waals surface area contributed by atoms with Crippen molar-refractivity contribution in [1.29, 1.82) is 0 Å². The summed E-state index contributed by atoms with van der Waals surface area (Å²) in [5, 5.41) is 10.7. The van der Waals surface area contributed by atoms with Crippen LogP contribution in [0.25, 0.3) is 0 Å². The number of carbonyl (C=O) groups is 1. The second-order valence-corrected chi connectivity index (χ2v) is 8.22. The molecule has 0 unspecified atom stereocenters. The minimum absolute atomic E-state index is 0.0809. The fraction of sp³-hybridized carbons (Fsp3) is 0.643. The summed E-state index contributed by atoms with van der Waals surface area (Å²) in [7, 11) is -3.79. The van der Waals surface area contributed by atoms with Crippen LogP contribution >= 0.6 is 11.3 Å². The highest BCUT2D eigenvalue weighted by Crippen LogP contribution is 2.30. The molecule has 2 N–H and O–H groups in total. The topological polar surface area (TPSA) is 83.5 Å². The van der Waals surface area contributed by atoms with Gasteiger partial charge in [-0.1, -0.05) is 19.3 Å². The smallest absolute Gasteiger partial charge is 0.347 e. The second-order valence-electron chi connectivity index (χ2n) is 5.69. The average molecular weight is 331 g/mol. The number of hydrogen-bond acceptors (Lipinski definition) is 4. The molecule has 0 radical (unpaired) electrons. The summed E-state index contributed by atoms with van der Waals surface area (Å²) in [4.78, 5) is 11.0. The predicted molar refractivity (Wildman–Crippen MR) is 82.4 cm³/mol. The van der Waals surface area contributed by atoms with Crippen molar-refractivity contribution in [2.24, 2.45) is 5.92 Å². The van der Waals surface area contributed by atoms with Crippen molar-refractivity contribution in [2.45, 2.75) is 56.9 Å². The van der Waals surface area contributed by atoms with Crippen LogP contribution in [0.5, 0.6) is 0 Å². The summed E-state index contributed by atoms with van der Waals surface area (Å²) in [5.74, 6) is -0.862. The zero-order valence-electron chi connectivity index (χ0n) is 12.3. The third-order valence-electron chi connectivity index (χ3n) is 4.08. The van der Waals surface area contributed by atoms with Gasteiger partial charge >= 0.3 is 5.97 Å². The Labute approximate surface area is 129 Å². The third-order valence-corrected chi connectivity index (χ3v) is 7.04. The van der Waals surface area contributed by atoms with E-state index in [2.05, 4.69) is 4.72 Å². The van der Waals surface area contributed by atoms with Gasteiger partial charge in [0, 0.05) is 6.04 Å². The van der Waals surface area contributed by atoms with Crippen molar-refractivity contribution in [1.82, 2.24) is 4.72 Å². The molecule has 0 aliphatic heterocycles. The standard InChI is InChI=1S/C14H21NO4S2/c1-9-8-20-12(14(16)17)13(9)21(18,19)15-10(2)11-6-4-3-5-7-11/h8,10-11,15H,3-7H2,1-2H3,(H,16,17)/t10-/m0/s1. The fourth-order valence-electron chi connectivity index (χ4n) is 2.95. The lowest BCUT2D eigenvalue weighted by atomic mass is 9.85. The zero-order valence-corrected chi connectivity index (χ0v) is 13.9. The van der Waals surface area contributed by atoms with Crippen LogP contribution in [0.3, 0.4) is 0 Å². The number of carboxylic acid groups (broad SMARTS) is 1. The Morgan fingerprint density at radius 1 is 1.38 bits per heavy atom. The highest BCUT2D eigenvalue weighted by molar-refractivity contribution is 7.89. The van der Waals surface area contributed by atoms with Gasteiger partial charge in [0.25, 0.3) is 0 Å². The van der Waals surface area contributed by atoms with Crippen LogP contribution in [0.1, 0.15) is 54.3 Å². The first-order chi connectivity index (χ1) is 9.83. The van der Waals surface area contributed by atoms with Gasteiger partial charge in [-0.15, -0.1) is 11.3 Å². The molecule has 1 atom stereocenters. The molecule has 1 heterocycles. The van der Waals surface area contributed by atoms with Crippen molar-refractivity contribution in [3.8, 4) is 0 Å². The monoisotopic (exact) mass is 331 g/mol. The Balaban J connectivity index is 2.22. The molecule has 0 bridgehead atoms. The molecular formula is C14H21NO4S2. The van der Waals surface area contributed by atoms with Gasteiger partial charge in [0.15, 0.2) is 0 Å². The maximum Gasteiger partial charge on any atom is 0.347 e. The minimum atomic E-state index is -3.79. The van der Waals surface area contributed by atoms with E-state index in [1.807, 2.05) is 6.92 Å². The maximum atomic E-state index is 12.5. The Kier molecular flexibility index (Phi) is 5.06. The Morgan fingerprint density at radius 3 is 2.57 bits per heavy atom. The van der Waals surface area contributed by atoms with Gasteiger partial charge < -0.3 is 5.11 Å². The van der Waals surface area contributed by atoms with E-state index in [9.17, 15) is 13.2 Å². The molecule has 1 aliphatic rings. The molecule has 1 aromatic heterocycles. The molecule has 118 valence electrons. The zero-order chi connectivity index (χ0) is 15.6. The van der Waals surface area contributed by atoms with Crippen LogP contribution in [0.15, 0.2) is 10.3 Å². The molecule has 1 saturated carbocycles. The molecular weight excluding hydrogens is 310 g/mol. The number of carboxylic acids is 1. The molecule has 7 heteroatoms. The molecule has 0 amide bonds. The maximum absolute atomic E-state index is 12.5. The molecule has 2 rings (SSSR count). The first-order valence-electron chi connectivity index (χ1n) is 7.16. The van der Waals surface area contributed by atoms with Crippen molar-refractivity contribution in [3.63, 3.8) is 0 Å².